The Morgan fingerprint density at radius 1 is 0.768 bits per heavy atom. The number of carbonyl (C=O) groups excluding carboxylic acids is 1. The zero-order valence-corrected chi connectivity index (χ0v) is 38.2. The monoisotopic (exact) mass is 925 g/mol. The highest BCUT2D eigenvalue weighted by Gasteiger charge is 2.24. The molecule has 0 aliphatic rings. The normalized spacial score (nSPS) is 11.8. The number of hydrogen-bond donors (Lipinski definition) is 4. The first-order valence-corrected chi connectivity index (χ1v) is 22.0. The molecule has 0 spiro atoms. The maximum atomic E-state index is 15.8. The van der Waals surface area contributed by atoms with Crippen LogP contribution in [0.5, 0.6) is 0 Å². The molecule has 8 heterocycles. The molecular weight excluding hydrogens is 881 g/mol. The molecule has 346 valence electrons. The van der Waals surface area contributed by atoms with Crippen LogP contribution in [-0.2, 0) is 38.6 Å². The average molecular weight is 926 g/mol. The third-order valence-corrected chi connectivity index (χ3v) is 11.5. The highest BCUT2D eigenvalue weighted by molar-refractivity contribution is 5.93. The predicted octanol–water partition coefficient (Wildman–Crippen LogP) is 8.24. The number of anilines is 1. The summed E-state index contributed by atoms with van der Waals surface area (Å²) in [4.78, 5) is 49.3. The minimum absolute atomic E-state index is 0.0807. The molecule has 0 saturated heterocycles. The number of nitrogens with one attached hydrogen (secondary N) is 4. The van der Waals surface area contributed by atoms with E-state index in [-0.39, 0.29) is 23.8 Å². The number of H-pyrrole nitrogens is 2. The number of nitrogens with zero attached hydrogens (tertiary/aromatic N) is 11. The molecule has 2 aromatic carbocycles. The molecule has 0 atom stereocenters. The SMILES string of the molecule is CN(Cc1cc(-c2ccc(CNCc3cccnc3)c(F)c2)c2[nH]c(-c3cnn(C)c3)nc2n1)c1ccc(-c2nc3nccc(-c4ccc(CNC(=O)c5nnc(C(C)(C)C)o5)c(F)c4)c3[nH]2)nc1. The predicted molar refractivity (Wildman–Crippen MR) is 255 cm³/mol. The number of amides is 1. The summed E-state index contributed by atoms with van der Waals surface area (Å²) in [6, 6.07) is 21.4. The fourth-order valence-corrected chi connectivity index (χ4v) is 7.82. The Balaban J connectivity index is 0.856. The summed E-state index contributed by atoms with van der Waals surface area (Å²) in [6.45, 7) is 6.90. The summed E-state index contributed by atoms with van der Waals surface area (Å²) in [7, 11) is 3.78. The van der Waals surface area contributed by atoms with Crippen LogP contribution in [0.15, 0.2) is 114 Å². The lowest BCUT2D eigenvalue weighted by Gasteiger charge is -2.19. The van der Waals surface area contributed by atoms with Crippen molar-refractivity contribution in [3.05, 3.63) is 156 Å². The zero-order valence-electron chi connectivity index (χ0n) is 38.2. The number of benzene rings is 2. The van der Waals surface area contributed by atoms with Crippen molar-refractivity contribution in [3.8, 4) is 45.2 Å². The lowest BCUT2D eigenvalue weighted by atomic mass is 9.97. The number of halogens is 2. The smallest absolute Gasteiger partial charge is 0.309 e. The van der Waals surface area contributed by atoms with Gasteiger partial charge in [0.05, 0.1) is 46.9 Å². The van der Waals surface area contributed by atoms with Gasteiger partial charge < -0.3 is 29.9 Å². The maximum Gasteiger partial charge on any atom is 0.309 e. The van der Waals surface area contributed by atoms with E-state index in [0.717, 1.165) is 22.4 Å². The van der Waals surface area contributed by atoms with Crippen molar-refractivity contribution in [3.63, 3.8) is 0 Å². The van der Waals surface area contributed by atoms with Crippen LogP contribution in [-0.4, -0.2) is 72.8 Å². The molecule has 8 aromatic heterocycles. The van der Waals surface area contributed by atoms with Crippen molar-refractivity contribution in [2.45, 2.75) is 52.4 Å². The van der Waals surface area contributed by atoms with Crippen molar-refractivity contribution < 1.29 is 18.0 Å². The van der Waals surface area contributed by atoms with Gasteiger partial charge in [-0.2, -0.15) is 5.10 Å². The molecule has 69 heavy (non-hydrogen) atoms. The Bertz CT molecular complexity index is 3480. The zero-order chi connectivity index (χ0) is 47.8. The van der Waals surface area contributed by atoms with E-state index in [1.807, 2.05) is 82.4 Å². The number of rotatable bonds is 14. The quantitative estimate of drug-likeness (QED) is 0.0811. The van der Waals surface area contributed by atoms with Crippen LogP contribution in [0.3, 0.4) is 0 Å². The number of pyridine rings is 4. The van der Waals surface area contributed by atoms with Crippen molar-refractivity contribution in [1.82, 2.24) is 70.5 Å². The minimum atomic E-state index is -0.594. The van der Waals surface area contributed by atoms with E-state index in [1.54, 1.807) is 66.0 Å². The molecule has 0 aliphatic heterocycles. The van der Waals surface area contributed by atoms with Crippen LogP contribution in [0.25, 0.3) is 67.5 Å². The first-order chi connectivity index (χ1) is 33.3. The summed E-state index contributed by atoms with van der Waals surface area (Å²) in [5.74, 6) is -0.203. The lowest BCUT2D eigenvalue weighted by Crippen LogP contribution is -2.23. The molecule has 0 unspecified atom stereocenters. The molecule has 0 fully saturated rings. The standard InChI is InChI=1S/C50H45F2N15O2/c1-50(2,3)49-65-64-48(69-49)47(68)57-23-32-11-8-29(17-39(32)52)36-14-16-55-45-41(36)61-44(63-45)40-13-12-35(25-56-40)66(4)27-34-19-37(42-46(59-34)62-43(60-42)33-24-58-67(5)26-33)30-9-10-31(38(51)18-30)22-54-21-28-7-6-15-53-20-28/h6-20,24-26,54H,21-23,27H2,1-5H3,(H,57,68)(H,55,61,63)(H,59,60,62). The van der Waals surface area contributed by atoms with E-state index in [0.29, 0.717) is 93.1 Å². The molecule has 10 rings (SSSR count). The van der Waals surface area contributed by atoms with E-state index >= 15 is 8.78 Å². The van der Waals surface area contributed by atoms with Gasteiger partial charge in [-0.05, 0) is 59.2 Å². The van der Waals surface area contributed by atoms with Crippen LogP contribution in [0.4, 0.5) is 14.5 Å². The van der Waals surface area contributed by atoms with Crippen LogP contribution < -0.4 is 15.5 Å². The van der Waals surface area contributed by atoms with Gasteiger partial charge in [0.2, 0.25) is 5.89 Å². The van der Waals surface area contributed by atoms with Crippen molar-refractivity contribution >= 4 is 33.9 Å². The van der Waals surface area contributed by atoms with Gasteiger partial charge >= 0.3 is 11.8 Å². The van der Waals surface area contributed by atoms with Gasteiger partial charge in [0, 0.05) is 86.2 Å². The maximum absolute atomic E-state index is 15.8. The number of aromatic amines is 2. The number of imidazole rings is 2. The van der Waals surface area contributed by atoms with Crippen LogP contribution in [0.1, 0.15) is 59.7 Å². The molecular formula is C50H45F2N15O2. The van der Waals surface area contributed by atoms with Gasteiger partial charge in [-0.3, -0.25) is 19.4 Å². The van der Waals surface area contributed by atoms with E-state index < -0.39 is 17.1 Å². The van der Waals surface area contributed by atoms with E-state index in [4.69, 9.17) is 24.4 Å². The molecule has 10 aromatic rings. The molecule has 17 nitrogen and oxygen atoms in total. The molecule has 4 N–H and O–H groups in total. The molecule has 0 aliphatic carbocycles. The number of fused-ring (bicyclic) bond motifs is 2. The second kappa shape index (κ2) is 18.2. The van der Waals surface area contributed by atoms with Crippen LogP contribution in [0, 0.1) is 11.6 Å². The van der Waals surface area contributed by atoms with E-state index in [2.05, 4.69) is 45.9 Å². The van der Waals surface area contributed by atoms with Gasteiger partial charge in [0.1, 0.15) is 23.2 Å². The number of hydrogen-bond acceptors (Lipinski definition) is 13. The van der Waals surface area contributed by atoms with Gasteiger partial charge in [-0.1, -0.05) is 51.1 Å². The van der Waals surface area contributed by atoms with E-state index in [1.165, 1.54) is 6.07 Å². The highest BCUT2D eigenvalue weighted by atomic mass is 19.1. The molecule has 0 saturated carbocycles. The van der Waals surface area contributed by atoms with Crippen molar-refractivity contribution in [2.24, 2.45) is 7.05 Å². The molecule has 1 amide bonds. The van der Waals surface area contributed by atoms with Gasteiger partial charge in [0.15, 0.2) is 17.1 Å². The fourth-order valence-electron chi connectivity index (χ4n) is 7.82. The lowest BCUT2D eigenvalue weighted by molar-refractivity contribution is 0.0912. The Hall–Kier alpha value is -8.58. The fraction of sp³-hybridized carbons (Fsp3) is 0.200. The number of aromatic nitrogens is 12. The number of carbonyl (C=O) groups is 1. The number of aryl methyl sites for hydroxylation is 1. The Labute approximate surface area is 393 Å². The first kappa shape index (κ1) is 44.3. The van der Waals surface area contributed by atoms with Gasteiger partial charge in [0.25, 0.3) is 0 Å². The molecule has 19 heteroatoms. The molecule has 0 radical (unpaired) electrons. The summed E-state index contributed by atoms with van der Waals surface area (Å²) in [5.41, 5.74) is 9.22. The van der Waals surface area contributed by atoms with Gasteiger partial charge in [-0.25, -0.2) is 28.7 Å². The summed E-state index contributed by atoms with van der Waals surface area (Å²) < 4.78 is 38.5. The second-order valence-corrected chi connectivity index (χ2v) is 17.7. The summed E-state index contributed by atoms with van der Waals surface area (Å²) in [5, 5.41) is 18.0. The summed E-state index contributed by atoms with van der Waals surface area (Å²) >= 11 is 0. The van der Waals surface area contributed by atoms with Gasteiger partial charge in [-0.15, -0.1) is 10.2 Å². The largest absolute Gasteiger partial charge is 0.416 e. The third kappa shape index (κ3) is 9.39. The Morgan fingerprint density at radius 2 is 1.52 bits per heavy atom. The van der Waals surface area contributed by atoms with Crippen molar-refractivity contribution in [1.29, 1.82) is 0 Å². The van der Waals surface area contributed by atoms with Crippen LogP contribution >= 0.6 is 0 Å². The molecule has 0 bridgehead atoms. The summed E-state index contributed by atoms with van der Waals surface area (Å²) in [6.07, 6.45) is 10.5. The Kier molecular flexibility index (Phi) is 11.7. The Morgan fingerprint density at radius 3 is 2.22 bits per heavy atom. The van der Waals surface area contributed by atoms with E-state index in [9.17, 15) is 4.79 Å². The topological polar surface area (TPSA) is 210 Å². The third-order valence-electron chi connectivity index (χ3n) is 11.5. The first-order valence-electron chi connectivity index (χ1n) is 22.0. The van der Waals surface area contributed by atoms with Crippen molar-refractivity contribution in [2.75, 3.05) is 11.9 Å². The van der Waals surface area contributed by atoms with Crippen LogP contribution in [0.2, 0.25) is 0 Å². The minimum Gasteiger partial charge on any atom is -0.416 e. The second-order valence-electron chi connectivity index (χ2n) is 17.7. The average Bonchev–Trinajstić information content (AvgIpc) is 4.18. The highest BCUT2D eigenvalue weighted by Crippen LogP contribution is 2.33.